The molecule has 1 aromatic rings. The minimum absolute atomic E-state index is 0.00996. The zero-order valence-corrected chi connectivity index (χ0v) is 8.99. The summed E-state index contributed by atoms with van der Waals surface area (Å²) in [6.07, 6.45) is 3.92. The Morgan fingerprint density at radius 3 is 2.80 bits per heavy atom. The molecule has 1 atom stereocenters. The van der Waals surface area contributed by atoms with Crippen molar-refractivity contribution in [2.24, 2.45) is 0 Å². The molecule has 0 N–H and O–H groups in total. The van der Waals surface area contributed by atoms with Crippen LogP contribution in [0.3, 0.4) is 0 Å². The lowest BCUT2D eigenvalue weighted by Gasteiger charge is -2.22. The molecule has 0 radical (unpaired) electrons. The highest BCUT2D eigenvalue weighted by atomic mass is 16.5. The van der Waals surface area contributed by atoms with Crippen molar-refractivity contribution >= 4 is 5.78 Å². The van der Waals surface area contributed by atoms with Gasteiger partial charge in [0.1, 0.15) is 0 Å². The second-order valence-corrected chi connectivity index (χ2v) is 3.87. The molecular weight excluding hydrogens is 188 g/mol. The molecule has 0 amide bonds. The fraction of sp³-hybridized carbons (Fsp3) is 0.308. The third-order valence-electron chi connectivity index (χ3n) is 2.88. The zero-order chi connectivity index (χ0) is 10.9. The first kappa shape index (κ1) is 9.97. The predicted octanol–water partition coefficient (Wildman–Crippen LogP) is 2.58. The second-order valence-electron chi connectivity index (χ2n) is 3.87. The van der Waals surface area contributed by atoms with Gasteiger partial charge in [0, 0.05) is 11.6 Å². The molecule has 0 spiro atoms. The molecule has 0 aromatic heterocycles. The van der Waals surface area contributed by atoms with E-state index >= 15 is 0 Å². The molecule has 1 heterocycles. The first-order chi connectivity index (χ1) is 7.16. The summed E-state index contributed by atoms with van der Waals surface area (Å²) in [6, 6.07) is 7.99. The molecular formula is C13H14O2. The smallest absolute Gasteiger partial charge is 0.206 e. The van der Waals surface area contributed by atoms with E-state index < -0.39 is 5.60 Å². The van der Waals surface area contributed by atoms with Crippen LogP contribution in [0.1, 0.15) is 25.0 Å². The molecule has 1 aliphatic heterocycles. The molecule has 1 unspecified atom stereocenters. The summed E-state index contributed by atoms with van der Waals surface area (Å²) in [6.45, 7) is 3.90. The van der Waals surface area contributed by atoms with Gasteiger partial charge in [0.15, 0.2) is 5.60 Å². The van der Waals surface area contributed by atoms with Gasteiger partial charge in [-0.05, 0) is 18.9 Å². The van der Waals surface area contributed by atoms with E-state index in [0.29, 0.717) is 0 Å². The third kappa shape index (κ3) is 1.56. The van der Waals surface area contributed by atoms with Crippen LogP contribution in [0, 0.1) is 0 Å². The minimum atomic E-state index is -0.814. The van der Waals surface area contributed by atoms with Crippen molar-refractivity contribution in [3.63, 3.8) is 0 Å². The van der Waals surface area contributed by atoms with Gasteiger partial charge in [-0.15, -0.1) is 0 Å². The highest BCUT2D eigenvalue weighted by Crippen LogP contribution is 2.31. The molecule has 15 heavy (non-hydrogen) atoms. The van der Waals surface area contributed by atoms with Gasteiger partial charge in [-0.1, -0.05) is 31.2 Å². The highest BCUT2D eigenvalue weighted by molar-refractivity contribution is 5.99. The van der Waals surface area contributed by atoms with Crippen LogP contribution in [0.25, 0.3) is 0 Å². The molecule has 0 fully saturated rings. The first-order valence-corrected chi connectivity index (χ1v) is 5.15. The van der Waals surface area contributed by atoms with E-state index in [2.05, 4.69) is 13.0 Å². The number of hydrogen-bond acceptors (Lipinski definition) is 2. The van der Waals surface area contributed by atoms with Gasteiger partial charge in [0.05, 0.1) is 6.26 Å². The van der Waals surface area contributed by atoms with E-state index in [0.717, 1.165) is 12.0 Å². The van der Waals surface area contributed by atoms with Crippen LogP contribution in [0.15, 0.2) is 36.6 Å². The molecule has 0 saturated carbocycles. The monoisotopic (exact) mass is 202 g/mol. The number of ether oxygens (including phenoxy) is 1. The SMILES string of the molecule is CCc1cccc(C2(C)OC=CC2=O)c1. The van der Waals surface area contributed by atoms with E-state index in [4.69, 9.17) is 4.74 Å². The van der Waals surface area contributed by atoms with Crippen LogP contribution < -0.4 is 0 Å². The van der Waals surface area contributed by atoms with E-state index in [1.165, 1.54) is 17.9 Å². The molecule has 78 valence electrons. The lowest BCUT2D eigenvalue weighted by Crippen LogP contribution is -2.29. The third-order valence-corrected chi connectivity index (χ3v) is 2.88. The van der Waals surface area contributed by atoms with Gasteiger partial charge >= 0.3 is 0 Å². The van der Waals surface area contributed by atoms with Gasteiger partial charge < -0.3 is 4.74 Å². The number of carbonyl (C=O) groups is 1. The van der Waals surface area contributed by atoms with E-state index in [9.17, 15) is 4.79 Å². The average molecular weight is 202 g/mol. The molecule has 0 aliphatic carbocycles. The van der Waals surface area contributed by atoms with Crippen LogP contribution in [-0.4, -0.2) is 5.78 Å². The number of hydrogen-bond donors (Lipinski definition) is 0. The van der Waals surface area contributed by atoms with Crippen molar-refractivity contribution in [3.05, 3.63) is 47.7 Å². The van der Waals surface area contributed by atoms with Crippen molar-refractivity contribution in [2.45, 2.75) is 25.9 Å². The Morgan fingerprint density at radius 2 is 2.20 bits per heavy atom. The number of rotatable bonds is 2. The quantitative estimate of drug-likeness (QED) is 0.736. The summed E-state index contributed by atoms with van der Waals surface area (Å²) in [7, 11) is 0. The maximum atomic E-state index is 11.7. The summed E-state index contributed by atoms with van der Waals surface area (Å²) in [5, 5.41) is 0. The lowest BCUT2D eigenvalue weighted by molar-refractivity contribution is -0.128. The molecule has 2 heteroatoms. The van der Waals surface area contributed by atoms with Gasteiger partial charge in [0.25, 0.3) is 0 Å². The fourth-order valence-corrected chi connectivity index (χ4v) is 1.75. The number of carbonyl (C=O) groups excluding carboxylic acids is 1. The Labute approximate surface area is 89.6 Å². The Balaban J connectivity index is 2.41. The van der Waals surface area contributed by atoms with E-state index in [-0.39, 0.29) is 5.78 Å². The second kappa shape index (κ2) is 3.54. The van der Waals surface area contributed by atoms with Crippen LogP contribution in [0.4, 0.5) is 0 Å². The summed E-state index contributed by atoms with van der Waals surface area (Å²) in [5.74, 6) is 0.00996. The normalized spacial score (nSPS) is 24.3. The average Bonchev–Trinajstić information content (AvgIpc) is 2.61. The van der Waals surface area contributed by atoms with Gasteiger partial charge in [-0.25, -0.2) is 0 Å². The van der Waals surface area contributed by atoms with Crippen molar-refractivity contribution in [1.82, 2.24) is 0 Å². The summed E-state index contributed by atoms with van der Waals surface area (Å²) < 4.78 is 5.41. The number of aryl methyl sites for hydroxylation is 1. The zero-order valence-electron chi connectivity index (χ0n) is 8.99. The summed E-state index contributed by atoms with van der Waals surface area (Å²) >= 11 is 0. The van der Waals surface area contributed by atoms with Crippen molar-refractivity contribution in [2.75, 3.05) is 0 Å². The van der Waals surface area contributed by atoms with Crippen LogP contribution in [0.5, 0.6) is 0 Å². The van der Waals surface area contributed by atoms with Crippen molar-refractivity contribution in [1.29, 1.82) is 0 Å². The van der Waals surface area contributed by atoms with Gasteiger partial charge in [0.2, 0.25) is 5.78 Å². The maximum Gasteiger partial charge on any atom is 0.206 e. The Bertz CT molecular complexity index is 420. The Kier molecular flexibility index (Phi) is 2.35. The maximum absolute atomic E-state index is 11.7. The van der Waals surface area contributed by atoms with Gasteiger partial charge in [-0.2, -0.15) is 0 Å². The molecule has 1 aromatic carbocycles. The fourth-order valence-electron chi connectivity index (χ4n) is 1.75. The first-order valence-electron chi connectivity index (χ1n) is 5.15. The van der Waals surface area contributed by atoms with E-state index in [1.807, 2.05) is 25.1 Å². The van der Waals surface area contributed by atoms with E-state index in [1.54, 1.807) is 0 Å². The Hall–Kier alpha value is -1.57. The van der Waals surface area contributed by atoms with Crippen molar-refractivity contribution in [3.8, 4) is 0 Å². The summed E-state index contributed by atoms with van der Waals surface area (Å²) in [5.41, 5.74) is 1.33. The molecule has 2 rings (SSSR count). The van der Waals surface area contributed by atoms with Crippen LogP contribution in [-0.2, 0) is 21.6 Å². The van der Waals surface area contributed by atoms with Crippen LogP contribution in [0.2, 0.25) is 0 Å². The topological polar surface area (TPSA) is 26.3 Å². The van der Waals surface area contributed by atoms with Crippen LogP contribution >= 0.6 is 0 Å². The molecule has 2 nitrogen and oxygen atoms in total. The molecule has 1 aliphatic rings. The standard InChI is InChI=1S/C13H14O2/c1-3-10-5-4-6-11(9-10)13(2)12(14)7-8-15-13/h4-9H,3H2,1-2H3. The molecule has 0 saturated heterocycles. The largest absolute Gasteiger partial charge is 0.482 e. The lowest BCUT2D eigenvalue weighted by atomic mass is 9.91. The van der Waals surface area contributed by atoms with Crippen molar-refractivity contribution < 1.29 is 9.53 Å². The molecule has 0 bridgehead atoms. The summed E-state index contributed by atoms with van der Waals surface area (Å²) in [4.78, 5) is 11.7. The van der Waals surface area contributed by atoms with Gasteiger partial charge in [-0.3, -0.25) is 4.79 Å². The minimum Gasteiger partial charge on any atom is -0.482 e. The highest BCUT2D eigenvalue weighted by Gasteiger charge is 2.38. The number of benzene rings is 1. The Morgan fingerprint density at radius 1 is 1.40 bits per heavy atom. The predicted molar refractivity (Wildman–Crippen MR) is 58.4 cm³/mol. The number of ketones is 1.